The van der Waals surface area contributed by atoms with Crippen molar-refractivity contribution in [3.05, 3.63) is 66.2 Å². The molecule has 10 nitrogen and oxygen atoms in total. The van der Waals surface area contributed by atoms with Crippen LogP contribution >= 0.6 is 0 Å². The van der Waals surface area contributed by atoms with Crippen molar-refractivity contribution in [2.24, 2.45) is 0 Å². The van der Waals surface area contributed by atoms with Gasteiger partial charge in [0.25, 0.3) is 0 Å². The molecule has 0 radical (unpaired) electrons. The summed E-state index contributed by atoms with van der Waals surface area (Å²) in [6.07, 6.45) is 1.52. The number of methoxy groups -OCH3 is 1. The van der Waals surface area contributed by atoms with Crippen molar-refractivity contribution in [3.8, 4) is 23.3 Å². The Morgan fingerprint density at radius 1 is 1.03 bits per heavy atom. The average Bonchev–Trinajstić information content (AvgIpc) is 3.60. The van der Waals surface area contributed by atoms with Crippen LogP contribution in [-0.2, 0) is 0 Å². The number of hydrogen-bond acceptors (Lipinski definition) is 8. The van der Waals surface area contributed by atoms with Gasteiger partial charge in [-0.2, -0.15) is 9.94 Å². The third kappa shape index (κ3) is 4.14. The number of nitriles is 1. The fourth-order valence-corrected chi connectivity index (χ4v) is 4.93. The van der Waals surface area contributed by atoms with E-state index < -0.39 is 0 Å². The van der Waals surface area contributed by atoms with Crippen LogP contribution in [-0.4, -0.2) is 59.0 Å². The van der Waals surface area contributed by atoms with Crippen LogP contribution < -0.4 is 19.1 Å². The molecule has 0 N–H and O–H groups in total. The van der Waals surface area contributed by atoms with Crippen molar-refractivity contribution in [1.82, 2.24) is 19.9 Å². The number of rotatable bonds is 4. The molecule has 1 saturated heterocycles. The minimum atomic E-state index is -0.218. The first kappa shape index (κ1) is 22.7. The largest absolute Gasteiger partial charge is 0.497 e. The smallest absolute Gasteiger partial charge is 0.346 e. The molecule has 6 rings (SSSR count). The highest BCUT2D eigenvalue weighted by molar-refractivity contribution is 5.88. The van der Waals surface area contributed by atoms with E-state index in [0.717, 1.165) is 41.5 Å². The molecule has 1 amide bonds. The van der Waals surface area contributed by atoms with Crippen LogP contribution in [0.5, 0.6) is 17.2 Å². The molecule has 0 aliphatic carbocycles. The number of likely N-dealkylation sites (tertiary alicyclic amines) is 1. The van der Waals surface area contributed by atoms with Gasteiger partial charge in [0.1, 0.15) is 11.3 Å². The van der Waals surface area contributed by atoms with E-state index in [4.69, 9.17) is 19.5 Å². The normalized spacial score (nSPS) is 15.0. The lowest BCUT2D eigenvalue weighted by Gasteiger charge is -2.39. The number of carbonyl (C=O) groups is 1. The number of hydrogen-bond donors (Lipinski definition) is 0. The van der Waals surface area contributed by atoms with Crippen molar-refractivity contribution < 1.29 is 19.0 Å². The molecule has 0 atom stereocenters. The Labute approximate surface area is 213 Å². The highest BCUT2D eigenvalue weighted by Gasteiger charge is 2.30. The first-order chi connectivity index (χ1) is 18.1. The second kappa shape index (κ2) is 9.35. The Balaban J connectivity index is 1.24. The van der Waals surface area contributed by atoms with Gasteiger partial charge in [-0.15, -0.1) is 5.10 Å². The first-order valence-corrected chi connectivity index (χ1v) is 12.0. The van der Waals surface area contributed by atoms with Gasteiger partial charge in [-0.3, -0.25) is 0 Å². The quantitative estimate of drug-likeness (QED) is 0.412. The van der Waals surface area contributed by atoms with Crippen LogP contribution in [0.2, 0.25) is 0 Å². The lowest BCUT2D eigenvalue weighted by molar-refractivity contribution is 0.174. The van der Waals surface area contributed by atoms with Gasteiger partial charge in [0.15, 0.2) is 11.5 Å². The molecule has 0 bridgehead atoms. The number of piperidine rings is 1. The van der Waals surface area contributed by atoms with E-state index in [1.54, 1.807) is 30.2 Å². The van der Waals surface area contributed by atoms with Crippen molar-refractivity contribution >= 4 is 28.4 Å². The molecule has 2 aliphatic rings. The summed E-state index contributed by atoms with van der Waals surface area (Å²) >= 11 is 0. The first-order valence-electron chi connectivity index (χ1n) is 12.0. The predicted molar refractivity (Wildman–Crippen MR) is 135 cm³/mol. The third-order valence-electron chi connectivity index (χ3n) is 6.84. The molecule has 0 unspecified atom stereocenters. The Kier molecular flexibility index (Phi) is 5.73. The highest BCUT2D eigenvalue weighted by Crippen LogP contribution is 2.40. The summed E-state index contributed by atoms with van der Waals surface area (Å²) in [6, 6.07) is 21.0. The van der Waals surface area contributed by atoms with Crippen molar-refractivity contribution in [2.45, 2.75) is 18.9 Å². The molecule has 37 heavy (non-hydrogen) atoms. The van der Waals surface area contributed by atoms with E-state index in [-0.39, 0.29) is 18.9 Å². The average molecular weight is 497 g/mol. The lowest BCUT2D eigenvalue weighted by Crippen LogP contribution is -2.46. The second-order valence-electron chi connectivity index (χ2n) is 8.92. The molecular weight excluding hydrogens is 472 g/mol. The van der Waals surface area contributed by atoms with Gasteiger partial charge < -0.3 is 24.0 Å². The predicted octanol–water partition coefficient (Wildman–Crippen LogP) is 4.31. The molecular formula is C27H24N6O4. The Morgan fingerprint density at radius 2 is 1.78 bits per heavy atom. The zero-order valence-electron chi connectivity index (χ0n) is 20.2. The summed E-state index contributed by atoms with van der Waals surface area (Å²) in [5, 5.41) is 17.3. The van der Waals surface area contributed by atoms with E-state index in [1.807, 2.05) is 42.5 Å². The van der Waals surface area contributed by atoms with Crippen LogP contribution in [0.25, 0.3) is 11.0 Å². The number of anilines is 2. The van der Waals surface area contributed by atoms with Crippen LogP contribution in [0.3, 0.4) is 0 Å². The van der Waals surface area contributed by atoms with Crippen LogP contribution in [0, 0.1) is 11.3 Å². The topological polar surface area (TPSA) is 106 Å². The van der Waals surface area contributed by atoms with Gasteiger partial charge in [-0.1, -0.05) is 5.21 Å². The van der Waals surface area contributed by atoms with Crippen molar-refractivity contribution in [2.75, 3.05) is 31.9 Å². The van der Waals surface area contributed by atoms with Crippen molar-refractivity contribution in [1.29, 1.82) is 5.26 Å². The number of benzene rings is 3. The molecule has 1 aromatic heterocycles. The lowest BCUT2D eigenvalue weighted by atomic mass is 10.0. The van der Waals surface area contributed by atoms with Gasteiger partial charge in [-0.05, 0) is 67.4 Å². The van der Waals surface area contributed by atoms with Gasteiger partial charge in [0.2, 0.25) is 6.79 Å². The molecule has 186 valence electrons. The maximum Gasteiger partial charge on any atom is 0.346 e. The third-order valence-corrected chi connectivity index (χ3v) is 6.84. The monoisotopic (exact) mass is 496 g/mol. The van der Waals surface area contributed by atoms with Crippen LogP contribution in [0.1, 0.15) is 18.4 Å². The maximum absolute atomic E-state index is 13.3. The number of nitrogens with zero attached hydrogens (tertiary/aromatic N) is 6. The molecule has 1 fully saturated rings. The molecule has 2 aliphatic heterocycles. The van der Waals surface area contributed by atoms with E-state index in [9.17, 15) is 4.79 Å². The van der Waals surface area contributed by atoms with Gasteiger partial charge in [-0.25, -0.2) is 4.79 Å². The standard InChI is InChI=1S/C27H24N6O4/c1-35-22-6-3-19(4-7-22)32(21-5-9-25-26(15-21)37-17-36-25)20-10-12-31(13-11-20)27(34)33-24-8-2-18(16-28)14-23(24)29-30-33/h2-9,14-15,20H,10-13,17H2,1H3. The fourth-order valence-electron chi connectivity index (χ4n) is 4.93. The second-order valence-corrected chi connectivity index (χ2v) is 8.92. The van der Waals surface area contributed by atoms with Crippen LogP contribution in [0.15, 0.2) is 60.7 Å². The number of ether oxygens (including phenoxy) is 3. The van der Waals surface area contributed by atoms with E-state index in [0.29, 0.717) is 29.7 Å². The Morgan fingerprint density at radius 3 is 2.54 bits per heavy atom. The molecule has 0 saturated carbocycles. The highest BCUT2D eigenvalue weighted by atomic mass is 16.7. The van der Waals surface area contributed by atoms with Gasteiger partial charge >= 0.3 is 6.03 Å². The minimum Gasteiger partial charge on any atom is -0.497 e. The molecule has 4 aromatic rings. The summed E-state index contributed by atoms with van der Waals surface area (Å²) in [5.41, 5.74) is 3.62. The SMILES string of the molecule is COc1ccc(N(c2ccc3c(c2)OCO3)C2CCN(C(=O)n3nnc4cc(C#N)ccc43)CC2)cc1. The molecule has 3 aromatic carbocycles. The minimum absolute atomic E-state index is 0.156. The van der Waals surface area contributed by atoms with Crippen molar-refractivity contribution in [3.63, 3.8) is 0 Å². The number of fused-ring (bicyclic) bond motifs is 2. The summed E-state index contributed by atoms with van der Waals surface area (Å²) in [4.78, 5) is 17.4. The fraction of sp³-hybridized carbons (Fsp3) is 0.259. The molecule has 0 spiro atoms. The number of aromatic nitrogens is 3. The zero-order chi connectivity index (χ0) is 25.4. The number of carbonyl (C=O) groups excluding carboxylic acids is 1. The summed E-state index contributed by atoms with van der Waals surface area (Å²) < 4.78 is 17.8. The van der Waals surface area contributed by atoms with E-state index in [1.165, 1.54) is 4.68 Å². The van der Waals surface area contributed by atoms with Gasteiger partial charge in [0, 0.05) is 36.6 Å². The zero-order valence-corrected chi connectivity index (χ0v) is 20.2. The maximum atomic E-state index is 13.3. The van der Waals surface area contributed by atoms with Gasteiger partial charge in [0.05, 0.1) is 24.3 Å². The summed E-state index contributed by atoms with van der Waals surface area (Å²) in [5.74, 6) is 2.25. The van der Waals surface area contributed by atoms with E-state index >= 15 is 0 Å². The molecule has 3 heterocycles. The van der Waals surface area contributed by atoms with E-state index in [2.05, 4.69) is 21.3 Å². The van der Waals surface area contributed by atoms with Crippen LogP contribution in [0.4, 0.5) is 16.2 Å². The Bertz CT molecular complexity index is 1500. The number of amides is 1. The summed E-state index contributed by atoms with van der Waals surface area (Å²) in [7, 11) is 1.65. The Hall–Kier alpha value is -4.78. The summed E-state index contributed by atoms with van der Waals surface area (Å²) in [6.45, 7) is 1.35. The molecule has 10 heteroatoms.